The van der Waals surface area contributed by atoms with Gasteiger partial charge in [0.25, 0.3) is 0 Å². The highest BCUT2D eigenvalue weighted by atomic mass is 16.3. The fourth-order valence-corrected chi connectivity index (χ4v) is 1.60. The van der Waals surface area contributed by atoms with E-state index in [0.29, 0.717) is 6.54 Å². The fourth-order valence-electron chi connectivity index (χ4n) is 1.60. The zero-order valence-corrected chi connectivity index (χ0v) is 9.86. The second-order valence-electron chi connectivity index (χ2n) is 4.65. The van der Waals surface area contributed by atoms with Gasteiger partial charge in [-0.3, -0.25) is 0 Å². The molecule has 0 aliphatic heterocycles. The molecule has 16 heavy (non-hydrogen) atoms. The molecule has 0 unspecified atom stereocenters. The van der Waals surface area contributed by atoms with Gasteiger partial charge < -0.3 is 15.0 Å². The third kappa shape index (κ3) is 2.17. The van der Waals surface area contributed by atoms with E-state index in [2.05, 4.69) is 10.3 Å². The number of imidazole rings is 1. The van der Waals surface area contributed by atoms with Crippen molar-refractivity contribution in [2.75, 3.05) is 11.9 Å². The van der Waals surface area contributed by atoms with Gasteiger partial charge in [0.05, 0.1) is 16.6 Å². The molecule has 0 fully saturated rings. The van der Waals surface area contributed by atoms with Gasteiger partial charge in [-0.2, -0.15) is 0 Å². The second kappa shape index (κ2) is 3.79. The molecule has 0 amide bonds. The largest absolute Gasteiger partial charge is 0.389 e. The van der Waals surface area contributed by atoms with Gasteiger partial charge in [-0.05, 0) is 26.0 Å². The predicted molar refractivity (Wildman–Crippen MR) is 65.5 cm³/mol. The molecule has 1 aromatic heterocycles. The van der Waals surface area contributed by atoms with E-state index in [1.54, 1.807) is 13.8 Å². The molecule has 0 bridgehead atoms. The van der Waals surface area contributed by atoms with Crippen molar-refractivity contribution in [2.45, 2.75) is 19.4 Å². The Morgan fingerprint density at radius 2 is 2.06 bits per heavy atom. The third-order valence-corrected chi connectivity index (χ3v) is 2.47. The molecule has 0 radical (unpaired) electrons. The summed E-state index contributed by atoms with van der Waals surface area (Å²) in [6.45, 7) is 4.01. The lowest BCUT2D eigenvalue weighted by atomic mass is 10.1. The number of anilines is 1. The lowest BCUT2D eigenvalue weighted by molar-refractivity contribution is 0.0943. The Labute approximate surface area is 94.9 Å². The Balaban J connectivity index is 2.28. The smallest absolute Gasteiger partial charge is 0.203 e. The third-order valence-electron chi connectivity index (χ3n) is 2.47. The number of nitrogens with zero attached hydrogens (tertiary/aromatic N) is 2. The Morgan fingerprint density at radius 1 is 1.38 bits per heavy atom. The average Bonchev–Trinajstić information content (AvgIpc) is 2.53. The van der Waals surface area contributed by atoms with Gasteiger partial charge in [-0.15, -0.1) is 0 Å². The quantitative estimate of drug-likeness (QED) is 0.827. The van der Waals surface area contributed by atoms with E-state index in [0.717, 1.165) is 17.0 Å². The minimum absolute atomic E-state index is 0.476. The number of fused-ring (bicyclic) bond motifs is 1. The average molecular weight is 219 g/mol. The van der Waals surface area contributed by atoms with Crippen LogP contribution in [0, 0.1) is 0 Å². The van der Waals surface area contributed by atoms with Gasteiger partial charge in [-0.1, -0.05) is 12.1 Å². The van der Waals surface area contributed by atoms with Crippen molar-refractivity contribution in [3.8, 4) is 0 Å². The van der Waals surface area contributed by atoms with Crippen LogP contribution in [-0.2, 0) is 7.05 Å². The number of para-hydroxylation sites is 2. The van der Waals surface area contributed by atoms with Crippen LogP contribution in [0.4, 0.5) is 5.95 Å². The van der Waals surface area contributed by atoms with Crippen LogP contribution in [-0.4, -0.2) is 26.8 Å². The molecular weight excluding hydrogens is 202 g/mol. The van der Waals surface area contributed by atoms with E-state index < -0.39 is 5.60 Å². The van der Waals surface area contributed by atoms with Crippen molar-refractivity contribution in [2.24, 2.45) is 7.05 Å². The standard InChI is InChI=1S/C12H17N3O/c1-12(2,16)8-13-11-14-9-6-4-5-7-10(9)15(11)3/h4-7,16H,8H2,1-3H3,(H,13,14). The van der Waals surface area contributed by atoms with Crippen LogP contribution in [0.15, 0.2) is 24.3 Å². The molecule has 1 aromatic carbocycles. The van der Waals surface area contributed by atoms with Crippen molar-refractivity contribution in [3.05, 3.63) is 24.3 Å². The van der Waals surface area contributed by atoms with Crippen LogP contribution in [0.25, 0.3) is 11.0 Å². The number of aliphatic hydroxyl groups is 1. The Bertz CT molecular complexity index is 496. The molecule has 0 saturated heterocycles. The van der Waals surface area contributed by atoms with Gasteiger partial charge >= 0.3 is 0 Å². The van der Waals surface area contributed by atoms with Gasteiger partial charge in [0.15, 0.2) is 0 Å². The SMILES string of the molecule is Cn1c(NCC(C)(C)O)nc2ccccc21. The van der Waals surface area contributed by atoms with Gasteiger partial charge in [0.1, 0.15) is 0 Å². The highest BCUT2D eigenvalue weighted by molar-refractivity contribution is 5.78. The maximum Gasteiger partial charge on any atom is 0.203 e. The van der Waals surface area contributed by atoms with Gasteiger partial charge in [-0.25, -0.2) is 4.98 Å². The van der Waals surface area contributed by atoms with Crippen molar-refractivity contribution in [3.63, 3.8) is 0 Å². The fraction of sp³-hybridized carbons (Fsp3) is 0.417. The summed E-state index contributed by atoms with van der Waals surface area (Å²) >= 11 is 0. The summed E-state index contributed by atoms with van der Waals surface area (Å²) in [7, 11) is 1.96. The molecule has 2 N–H and O–H groups in total. The van der Waals surface area contributed by atoms with E-state index in [9.17, 15) is 5.11 Å². The summed E-state index contributed by atoms with van der Waals surface area (Å²) in [5, 5.41) is 12.8. The van der Waals surface area contributed by atoms with E-state index in [1.165, 1.54) is 0 Å². The number of hydrogen-bond acceptors (Lipinski definition) is 3. The molecule has 4 nitrogen and oxygen atoms in total. The molecule has 0 aliphatic rings. The van der Waals surface area contributed by atoms with Crippen LogP contribution in [0.3, 0.4) is 0 Å². The molecule has 1 heterocycles. The van der Waals surface area contributed by atoms with Gasteiger partial charge in [0, 0.05) is 13.6 Å². The Morgan fingerprint density at radius 3 is 2.69 bits per heavy atom. The van der Waals surface area contributed by atoms with Gasteiger partial charge in [0.2, 0.25) is 5.95 Å². The summed E-state index contributed by atoms with van der Waals surface area (Å²) in [4.78, 5) is 4.46. The molecule has 2 rings (SSSR count). The summed E-state index contributed by atoms with van der Waals surface area (Å²) in [6, 6.07) is 7.96. The number of nitrogens with one attached hydrogen (secondary N) is 1. The highest BCUT2D eigenvalue weighted by Gasteiger charge is 2.14. The van der Waals surface area contributed by atoms with Crippen LogP contribution < -0.4 is 5.32 Å². The maximum absolute atomic E-state index is 9.65. The Kier molecular flexibility index (Phi) is 2.59. The lowest BCUT2D eigenvalue weighted by Crippen LogP contribution is -2.30. The number of hydrogen-bond donors (Lipinski definition) is 2. The molecule has 0 aliphatic carbocycles. The molecule has 0 saturated carbocycles. The molecule has 0 spiro atoms. The van der Waals surface area contributed by atoms with Crippen molar-refractivity contribution in [1.29, 1.82) is 0 Å². The summed E-state index contributed by atoms with van der Waals surface area (Å²) in [6.07, 6.45) is 0. The van der Waals surface area contributed by atoms with Crippen molar-refractivity contribution < 1.29 is 5.11 Å². The van der Waals surface area contributed by atoms with E-state index in [1.807, 2.05) is 35.9 Å². The van der Waals surface area contributed by atoms with Crippen LogP contribution >= 0.6 is 0 Å². The number of aromatic nitrogens is 2. The maximum atomic E-state index is 9.65. The normalized spacial score (nSPS) is 12.0. The number of aryl methyl sites for hydroxylation is 1. The molecular formula is C12H17N3O. The first-order valence-corrected chi connectivity index (χ1v) is 5.35. The van der Waals surface area contributed by atoms with E-state index >= 15 is 0 Å². The van der Waals surface area contributed by atoms with E-state index in [-0.39, 0.29) is 0 Å². The predicted octanol–water partition coefficient (Wildman–Crippen LogP) is 1.76. The first kappa shape index (κ1) is 11.0. The van der Waals surface area contributed by atoms with Crippen LogP contribution in [0.5, 0.6) is 0 Å². The summed E-state index contributed by atoms with van der Waals surface area (Å²) in [5.41, 5.74) is 1.31. The minimum Gasteiger partial charge on any atom is -0.389 e. The first-order valence-electron chi connectivity index (χ1n) is 5.35. The van der Waals surface area contributed by atoms with Crippen molar-refractivity contribution >= 4 is 17.0 Å². The number of rotatable bonds is 3. The Hall–Kier alpha value is -1.55. The second-order valence-corrected chi connectivity index (χ2v) is 4.65. The van der Waals surface area contributed by atoms with E-state index in [4.69, 9.17) is 0 Å². The van der Waals surface area contributed by atoms with Crippen molar-refractivity contribution in [1.82, 2.24) is 9.55 Å². The monoisotopic (exact) mass is 219 g/mol. The molecule has 86 valence electrons. The highest BCUT2D eigenvalue weighted by Crippen LogP contribution is 2.17. The minimum atomic E-state index is -0.738. The topological polar surface area (TPSA) is 50.1 Å². The van der Waals surface area contributed by atoms with Crippen LogP contribution in [0.2, 0.25) is 0 Å². The summed E-state index contributed by atoms with van der Waals surface area (Å²) < 4.78 is 1.99. The lowest BCUT2D eigenvalue weighted by Gasteiger charge is -2.17. The number of benzene rings is 1. The molecule has 0 atom stereocenters. The summed E-state index contributed by atoms with van der Waals surface area (Å²) in [5.74, 6) is 0.781. The zero-order valence-electron chi connectivity index (χ0n) is 9.86. The molecule has 2 aromatic rings. The molecule has 4 heteroatoms. The first-order chi connectivity index (χ1) is 7.47. The van der Waals surface area contributed by atoms with Crippen LogP contribution in [0.1, 0.15) is 13.8 Å². The zero-order chi connectivity index (χ0) is 11.8.